The number of carbonyl (C=O) groups excluding carboxylic acids is 1. The molecule has 0 spiro atoms. The molecule has 1 saturated heterocycles. The predicted octanol–water partition coefficient (Wildman–Crippen LogP) is 1.42. The second-order valence-electron chi connectivity index (χ2n) is 5.39. The molecular weight excluding hydrogens is 284 g/mol. The molecule has 1 aromatic rings. The van der Waals surface area contributed by atoms with Crippen LogP contribution in [0.3, 0.4) is 0 Å². The fourth-order valence-electron chi connectivity index (χ4n) is 2.79. The average molecular weight is 308 g/mol. The molecule has 1 atom stereocenters. The van der Waals surface area contributed by atoms with E-state index in [1.165, 1.54) is 0 Å². The number of hydrogen-bond acceptors (Lipinski definition) is 5. The third kappa shape index (κ3) is 3.44. The standard InChI is InChI=1S/C16H24N2O4/c1-18-7-5-6-12(18)16(19)17-10-11-8-13(20-2)15(22-4)14(9-11)21-3/h8-9,12H,5-7,10H2,1-4H3,(H,17,19). The summed E-state index contributed by atoms with van der Waals surface area (Å²) in [6.07, 6.45) is 1.98. The lowest BCUT2D eigenvalue weighted by molar-refractivity contribution is -0.125. The van der Waals surface area contributed by atoms with Gasteiger partial charge in [0.25, 0.3) is 0 Å². The number of methoxy groups -OCH3 is 3. The van der Waals surface area contributed by atoms with Gasteiger partial charge in [0.1, 0.15) is 0 Å². The van der Waals surface area contributed by atoms with Gasteiger partial charge in [-0.2, -0.15) is 0 Å². The molecule has 1 aromatic carbocycles. The van der Waals surface area contributed by atoms with Gasteiger partial charge in [-0.1, -0.05) is 0 Å². The van der Waals surface area contributed by atoms with Crippen molar-refractivity contribution in [3.05, 3.63) is 17.7 Å². The number of hydrogen-bond donors (Lipinski definition) is 1. The lowest BCUT2D eigenvalue weighted by Gasteiger charge is -2.19. The third-order valence-corrected chi connectivity index (χ3v) is 4.01. The van der Waals surface area contributed by atoms with Crippen molar-refractivity contribution in [1.82, 2.24) is 10.2 Å². The van der Waals surface area contributed by atoms with E-state index in [1.54, 1.807) is 21.3 Å². The summed E-state index contributed by atoms with van der Waals surface area (Å²) in [5, 5.41) is 2.98. The Morgan fingerprint density at radius 2 is 1.86 bits per heavy atom. The number of likely N-dealkylation sites (tertiary alicyclic amines) is 1. The molecular formula is C16H24N2O4. The number of amides is 1. The van der Waals surface area contributed by atoms with E-state index in [2.05, 4.69) is 10.2 Å². The van der Waals surface area contributed by atoms with Crippen LogP contribution in [0.2, 0.25) is 0 Å². The third-order valence-electron chi connectivity index (χ3n) is 4.01. The molecule has 6 nitrogen and oxygen atoms in total. The normalized spacial score (nSPS) is 18.1. The van der Waals surface area contributed by atoms with Crippen molar-refractivity contribution < 1.29 is 19.0 Å². The molecule has 1 heterocycles. The lowest BCUT2D eigenvalue weighted by Crippen LogP contribution is -2.41. The molecule has 1 aliphatic heterocycles. The highest BCUT2D eigenvalue weighted by Gasteiger charge is 2.27. The van der Waals surface area contributed by atoms with E-state index < -0.39 is 0 Å². The predicted molar refractivity (Wildman–Crippen MR) is 83.6 cm³/mol. The second-order valence-corrected chi connectivity index (χ2v) is 5.39. The summed E-state index contributed by atoms with van der Waals surface area (Å²) in [7, 11) is 6.70. The van der Waals surface area contributed by atoms with Crippen molar-refractivity contribution in [2.45, 2.75) is 25.4 Å². The first kappa shape index (κ1) is 16.4. The van der Waals surface area contributed by atoms with Crippen molar-refractivity contribution >= 4 is 5.91 Å². The van der Waals surface area contributed by atoms with E-state index in [-0.39, 0.29) is 11.9 Å². The number of likely N-dealkylation sites (N-methyl/N-ethyl adjacent to an activating group) is 1. The fraction of sp³-hybridized carbons (Fsp3) is 0.562. The smallest absolute Gasteiger partial charge is 0.237 e. The first-order chi connectivity index (χ1) is 10.6. The van der Waals surface area contributed by atoms with E-state index in [0.717, 1.165) is 24.9 Å². The van der Waals surface area contributed by atoms with Crippen LogP contribution in [0.4, 0.5) is 0 Å². The van der Waals surface area contributed by atoms with Crippen LogP contribution in [0.5, 0.6) is 17.2 Å². The van der Waals surface area contributed by atoms with Gasteiger partial charge in [-0.15, -0.1) is 0 Å². The molecule has 1 aliphatic rings. The maximum atomic E-state index is 12.2. The molecule has 122 valence electrons. The summed E-state index contributed by atoms with van der Waals surface area (Å²) in [5.41, 5.74) is 0.906. The Morgan fingerprint density at radius 3 is 2.32 bits per heavy atom. The lowest BCUT2D eigenvalue weighted by atomic mass is 10.1. The van der Waals surface area contributed by atoms with Gasteiger partial charge < -0.3 is 19.5 Å². The Hall–Kier alpha value is -1.95. The SMILES string of the molecule is COc1cc(CNC(=O)C2CCCN2C)cc(OC)c1OC. The maximum absolute atomic E-state index is 12.2. The number of nitrogens with zero attached hydrogens (tertiary/aromatic N) is 1. The quantitative estimate of drug-likeness (QED) is 0.861. The zero-order valence-corrected chi connectivity index (χ0v) is 13.6. The summed E-state index contributed by atoms with van der Waals surface area (Å²) in [5.74, 6) is 1.79. The Morgan fingerprint density at radius 1 is 1.23 bits per heavy atom. The van der Waals surface area contributed by atoms with Crippen LogP contribution < -0.4 is 19.5 Å². The number of carbonyl (C=O) groups is 1. The van der Waals surface area contributed by atoms with Gasteiger partial charge in [0.2, 0.25) is 11.7 Å². The summed E-state index contributed by atoms with van der Waals surface area (Å²) in [4.78, 5) is 14.3. The van der Waals surface area contributed by atoms with Crippen molar-refractivity contribution in [2.75, 3.05) is 34.9 Å². The minimum atomic E-state index is -0.0259. The zero-order valence-electron chi connectivity index (χ0n) is 13.6. The molecule has 0 radical (unpaired) electrons. The number of ether oxygens (including phenoxy) is 3. The van der Waals surface area contributed by atoms with Gasteiger partial charge in [0, 0.05) is 6.54 Å². The number of rotatable bonds is 6. The number of nitrogens with one attached hydrogen (secondary N) is 1. The van der Waals surface area contributed by atoms with Gasteiger partial charge in [0.15, 0.2) is 11.5 Å². The summed E-state index contributed by atoms with van der Waals surface area (Å²) < 4.78 is 15.9. The van der Waals surface area contributed by atoms with Crippen LogP contribution in [0.25, 0.3) is 0 Å². The molecule has 0 saturated carbocycles. The zero-order chi connectivity index (χ0) is 16.1. The molecule has 1 fully saturated rings. The fourth-order valence-corrected chi connectivity index (χ4v) is 2.79. The van der Waals surface area contributed by atoms with Crippen molar-refractivity contribution in [3.63, 3.8) is 0 Å². The summed E-state index contributed by atoms with van der Waals surface area (Å²) >= 11 is 0. The van der Waals surface area contributed by atoms with Crippen LogP contribution in [0.15, 0.2) is 12.1 Å². The molecule has 1 unspecified atom stereocenters. The first-order valence-corrected chi connectivity index (χ1v) is 7.37. The topological polar surface area (TPSA) is 60.0 Å². The minimum Gasteiger partial charge on any atom is -0.493 e. The van der Waals surface area contributed by atoms with Crippen LogP contribution >= 0.6 is 0 Å². The Balaban J connectivity index is 2.08. The van der Waals surface area contributed by atoms with E-state index in [1.807, 2.05) is 19.2 Å². The van der Waals surface area contributed by atoms with Gasteiger partial charge >= 0.3 is 0 Å². The van der Waals surface area contributed by atoms with Gasteiger partial charge in [0.05, 0.1) is 27.4 Å². The molecule has 1 N–H and O–H groups in total. The van der Waals surface area contributed by atoms with Gasteiger partial charge in [-0.25, -0.2) is 0 Å². The molecule has 6 heteroatoms. The monoisotopic (exact) mass is 308 g/mol. The van der Waals surface area contributed by atoms with Gasteiger partial charge in [-0.3, -0.25) is 9.69 Å². The molecule has 2 rings (SSSR count). The van der Waals surface area contributed by atoms with E-state index in [0.29, 0.717) is 23.8 Å². The second kappa shape index (κ2) is 7.35. The van der Waals surface area contributed by atoms with E-state index >= 15 is 0 Å². The molecule has 0 aliphatic carbocycles. The molecule has 0 aromatic heterocycles. The number of benzene rings is 1. The van der Waals surface area contributed by atoms with Crippen molar-refractivity contribution in [1.29, 1.82) is 0 Å². The highest BCUT2D eigenvalue weighted by molar-refractivity contribution is 5.82. The van der Waals surface area contributed by atoms with Crippen LogP contribution in [0, 0.1) is 0 Å². The summed E-state index contributed by atoms with van der Waals surface area (Å²) in [6, 6.07) is 3.67. The van der Waals surface area contributed by atoms with Crippen molar-refractivity contribution in [2.24, 2.45) is 0 Å². The minimum absolute atomic E-state index is 0.0259. The van der Waals surface area contributed by atoms with Crippen LogP contribution in [-0.2, 0) is 11.3 Å². The Kier molecular flexibility index (Phi) is 5.49. The Bertz CT molecular complexity index is 508. The molecule has 1 amide bonds. The van der Waals surface area contributed by atoms with Gasteiger partial charge in [-0.05, 0) is 44.1 Å². The average Bonchev–Trinajstić information content (AvgIpc) is 2.97. The first-order valence-electron chi connectivity index (χ1n) is 7.37. The largest absolute Gasteiger partial charge is 0.493 e. The van der Waals surface area contributed by atoms with Crippen molar-refractivity contribution in [3.8, 4) is 17.2 Å². The van der Waals surface area contributed by atoms with Crippen LogP contribution in [0.1, 0.15) is 18.4 Å². The maximum Gasteiger partial charge on any atom is 0.237 e. The highest BCUT2D eigenvalue weighted by atomic mass is 16.5. The van der Waals surface area contributed by atoms with E-state index in [9.17, 15) is 4.79 Å². The highest BCUT2D eigenvalue weighted by Crippen LogP contribution is 2.38. The molecule has 22 heavy (non-hydrogen) atoms. The van der Waals surface area contributed by atoms with Crippen LogP contribution in [-0.4, -0.2) is 51.8 Å². The molecule has 0 bridgehead atoms. The Labute approximate surface area is 131 Å². The van der Waals surface area contributed by atoms with E-state index in [4.69, 9.17) is 14.2 Å². The summed E-state index contributed by atoms with van der Waals surface area (Å²) in [6.45, 7) is 1.40.